The van der Waals surface area contributed by atoms with Crippen LogP contribution < -0.4 is 0 Å². The van der Waals surface area contributed by atoms with Gasteiger partial charge in [0.1, 0.15) is 11.5 Å². The molecular formula is C20H22O6. The summed E-state index contributed by atoms with van der Waals surface area (Å²) in [5, 5.41) is 20.3. The molecule has 0 fully saturated rings. The van der Waals surface area contributed by atoms with Crippen LogP contribution in [0.25, 0.3) is 11.1 Å². The Hall–Kier alpha value is -3.02. The minimum atomic E-state index is -0.522. The van der Waals surface area contributed by atoms with Gasteiger partial charge in [0.05, 0.1) is 24.3 Å². The second-order valence-corrected chi connectivity index (χ2v) is 5.74. The molecule has 138 valence electrons. The number of hydrogen-bond donors (Lipinski definition) is 2. The zero-order chi connectivity index (χ0) is 19.1. The topological polar surface area (TPSA) is 93.1 Å². The molecule has 6 nitrogen and oxygen atoms in total. The Morgan fingerprint density at radius 1 is 0.769 bits per heavy atom. The molecule has 2 N–H and O–H groups in total. The SMILES string of the molecule is CCCOC(=O)c1ccc(O)c(-c2cc(C(=O)OCCC)ccc2O)c1. The van der Waals surface area contributed by atoms with E-state index in [9.17, 15) is 19.8 Å². The van der Waals surface area contributed by atoms with Gasteiger partial charge in [-0.25, -0.2) is 9.59 Å². The Kier molecular flexibility index (Phi) is 6.60. The van der Waals surface area contributed by atoms with Crippen molar-refractivity contribution in [3.63, 3.8) is 0 Å². The van der Waals surface area contributed by atoms with Gasteiger partial charge in [-0.1, -0.05) is 13.8 Å². The summed E-state index contributed by atoms with van der Waals surface area (Å²) < 4.78 is 10.2. The molecule has 0 spiro atoms. The molecule has 0 saturated carbocycles. The van der Waals surface area contributed by atoms with Gasteiger partial charge in [0, 0.05) is 11.1 Å². The minimum Gasteiger partial charge on any atom is -0.507 e. The fourth-order valence-electron chi connectivity index (χ4n) is 2.31. The van der Waals surface area contributed by atoms with Crippen molar-refractivity contribution in [2.45, 2.75) is 26.7 Å². The maximum atomic E-state index is 12.0. The number of aromatic hydroxyl groups is 2. The van der Waals surface area contributed by atoms with E-state index in [1.54, 1.807) is 0 Å². The van der Waals surface area contributed by atoms with Gasteiger partial charge in [0.2, 0.25) is 0 Å². The quantitative estimate of drug-likeness (QED) is 0.729. The summed E-state index contributed by atoms with van der Waals surface area (Å²) in [6, 6.07) is 8.41. The highest BCUT2D eigenvalue weighted by Gasteiger charge is 2.17. The van der Waals surface area contributed by atoms with Crippen LogP contribution in [0.2, 0.25) is 0 Å². The molecule has 0 unspecified atom stereocenters. The van der Waals surface area contributed by atoms with E-state index in [1.807, 2.05) is 13.8 Å². The number of carbonyl (C=O) groups is 2. The number of rotatable bonds is 7. The van der Waals surface area contributed by atoms with Crippen LogP contribution in [0.1, 0.15) is 47.4 Å². The first-order valence-corrected chi connectivity index (χ1v) is 8.48. The summed E-state index contributed by atoms with van der Waals surface area (Å²) in [5.74, 6) is -1.31. The van der Waals surface area contributed by atoms with Crippen LogP contribution in [0.3, 0.4) is 0 Å². The molecule has 2 aromatic rings. The predicted molar refractivity (Wildman–Crippen MR) is 96.4 cm³/mol. The Bertz CT molecular complexity index is 729. The van der Waals surface area contributed by atoms with Gasteiger partial charge in [-0.05, 0) is 49.2 Å². The third kappa shape index (κ3) is 4.53. The van der Waals surface area contributed by atoms with Gasteiger partial charge in [-0.2, -0.15) is 0 Å². The largest absolute Gasteiger partial charge is 0.507 e. The van der Waals surface area contributed by atoms with Crippen LogP contribution >= 0.6 is 0 Å². The number of phenols is 2. The molecule has 2 rings (SSSR count). The van der Waals surface area contributed by atoms with E-state index in [4.69, 9.17) is 9.47 Å². The smallest absolute Gasteiger partial charge is 0.338 e. The molecule has 0 amide bonds. The highest BCUT2D eigenvalue weighted by molar-refractivity contribution is 5.95. The second kappa shape index (κ2) is 8.89. The maximum Gasteiger partial charge on any atom is 0.338 e. The Labute approximate surface area is 152 Å². The normalized spacial score (nSPS) is 10.4. The summed E-state index contributed by atoms with van der Waals surface area (Å²) in [7, 11) is 0. The van der Waals surface area contributed by atoms with Crippen LogP contribution in [0, 0.1) is 0 Å². The Morgan fingerprint density at radius 3 is 1.50 bits per heavy atom. The number of phenolic OH excluding ortho intramolecular Hbond substituents is 2. The lowest BCUT2D eigenvalue weighted by Crippen LogP contribution is -2.07. The lowest BCUT2D eigenvalue weighted by Gasteiger charge is -2.11. The lowest BCUT2D eigenvalue weighted by molar-refractivity contribution is 0.0495. The first-order valence-electron chi connectivity index (χ1n) is 8.48. The van der Waals surface area contributed by atoms with Gasteiger partial charge in [0.25, 0.3) is 0 Å². The van der Waals surface area contributed by atoms with E-state index < -0.39 is 11.9 Å². The summed E-state index contributed by atoms with van der Waals surface area (Å²) in [5.41, 5.74) is 0.923. The third-order valence-corrected chi connectivity index (χ3v) is 3.63. The molecule has 0 atom stereocenters. The fourth-order valence-corrected chi connectivity index (χ4v) is 2.31. The van der Waals surface area contributed by atoms with Gasteiger partial charge in [-0.15, -0.1) is 0 Å². The Morgan fingerprint density at radius 2 is 1.15 bits per heavy atom. The first-order chi connectivity index (χ1) is 12.5. The van der Waals surface area contributed by atoms with Crippen molar-refractivity contribution in [1.82, 2.24) is 0 Å². The highest BCUT2D eigenvalue weighted by Crippen LogP contribution is 2.36. The van der Waals surface area contributed by atoms with Gasteiger partial charge >= 0.3 is 11.9 Å². The molecule has 0 aliphatic carbocycles. The van der Waals surface area contributed by atoms with Crippen molar-refractivity contribution in [3.8, 4) is 22.6 Å². The molecule has 0 saturated heterocycles. The predicted octanol–water partition coefficient (Wildman–Crippen LogP) is 3.90. The minimum absolute atomic E-state index is 0.133. The molecule has 0 heterocycles. The molecule has 2 aromatic carbocycles. The van der Waals surface area contributed by atoms with Crippen molar-refractivity contribution in [2.24, 2.45) is 0 Å². The number of ether oxygens (including phenoxy) is 2. The highest BCUT2D eigenvalue weighted by atomic mass is 16.5. The third-order valence-electron chi connectivity index (χ3n) is 3.63. The van der Waals surface area contributed by atoms with Crippen LogP contribution in [0.15, 0.2) is 36.4 Å². The average molecular weight is 358 g/mol. The lowest BCUT2D eigenvalue weighted by atomic mass is 9.99. The van der Waals surface area contributed by atoms with E-state index in [2.05, 4.69) is 0 Å². The summed E-state index contributed by atoms with van der Waals surface area (Å²) >= 11 is 0. The summed E-state index contributed by atoms with van der Waals surface area (Å²) in [6.07, 6.45) is 1.39. The standard InChI is InChI=1S/C20H22O6/c1-3-9-25-19(23)13-5-7-17(21)15(11-13)16-12-14(6-8-18(16)22)20(24)26-10-4-2/h5-8,11-12,21-22H,3-4,9-10H2,1-2H3. The van der Waals surface area contributed by atoms with E-state index in [-0.39, 0.29) is 33.8 Å². The molecule has 0 aliphatic rings. The fraction of sp³-hybridized carbons (Fsp3) is 0.300. The number of benzene rings is 2. The van der Waals surface area contributed by atoms with Crippen molar-refractivity contribution in [3.05, 3.63) is 47.5 Å². The van der Waals surface area contributed by atoms with Crippen molar-refractivity contribution < 1.29 is 29.3 Å². The van der Waals surface area contributed by atoms with Crippen molar-refractivity contribution in [2.75, 3.05) is 13.2 Å². The van der Waals surface area contributed by atoms with E-state index in [0.717, 1.165) is 0 Å². The van der Waals surface area contributed by atoms with Crippen molar-refractivity contribution >= 4 is 11.9 Å². The second-order valence-electron chi connectivity index (χ2n) is 5.74. The average Bonchev–Trinajstić information content (AvgIpc) is 2.65. The first kappa shape index (κ1) is 19.3. The molecule has 0 aromatic heterocycles. The van der Waals surface area contributed by atoms with E-state index >= 15 is 0 Å². The monoisotopic (exact) mass is 358 g/mol. The zero-order valence-corrected chi connectivity index (χ0v) is 14.8. The maximum absolute atomic E-state index is 12.0. The van der Waals surface area contributed by atoms with E-state index in [0.29, 0.717) is 26.1 Å². The molecule has 0 bridgehead atoms. The Balaban J connectivity index is 2.40. The number of carbonyl (C=O) groups excluding carboxylic acids is 2. The van der Waals surface area contributed by atoms with Crippen LogP contribution in [0.4, 0.5) is 0 Å². The summed E-state index contributed by atoms with van der Waals surface area (Å²) in [4.78, 5) is 24.1. The molecule has 0 radical (unpaired) electrons. The molecule has 6 heteroatoms. The van der Waals surface area contributed by atoms with Crippen LogP contribution in [-0.4, -0.2) is 35.4 Å². The van der Waals surface area contributed by atoms with Gasteiger partial charge < -0.3 is 19.7 Å². The van der Waals surface area contributed by atoms with Crippen LogP contribution in [-0.2, 0) is 9.47 Å². The molecule has 0 aliphatic heterocycles. The molecule has 26 heavy (non-hydrogen) atoms. The zero-order valence-electron chi connectivity index (χ0n) is 14.8. The van der Waals surface area contributed by atoms with Crippen LogP contribution in [0.5, 0.6) is 11.5 Å². The van der Waals surface area contributed by atoms with Gasteiger partial charge in [-0.3, -0.25) is 0 Å². The van der Waals surface area contributed by atoms with E-state index in [1.165, 1.54) is 36.4 Å². The van der Waals surface area contributed by atoms with Gasteiger partial charge in [0.15, 0.2) is 0 Å². The number of hydrogen-bond acceptors (Lipinski definition) is 6. The number of esters is 2. The summed E-state index contributed by atoms with van der Waals surface area (Å²) in [6.45, 7) is 4.35. The van der Waals surface area contributed by atoms with Crippen molar-refractivity contribution in [1.29, 1.82) is 0 Å². The molecular weight excluding hydrogens is 336 g/mol.